The zero-order chi connectivity index (χ0) is 21.4. The number of rotatable bonds is 4. The molecular weight excluding hydrogens is 364 g/mol. The smallest absolute Gasteiger partial charge is 0.0543 e. The topological polar surface area (TPSA) is 20.2 Å². The van der Waals surface area contributed by atoms with Gasteiger partial charge in [0.25, 0.3) is 0 Å². The monoisotopic (exact) mass is 412 g/mol. The molecule has 0 saturated heterocycles. The van der Waals surface area contributed by atoms with E-state index in [0.29, 0.717) is 10.8 Å². The Hall–Kier alpha value is -0.300. The normalized spacial score (nSPS) is 51.4. The first-order valence-electron chi connectivity index (χ1n) is 13.5. The van der Waals surface area contributed by atoms with Gasteiger partial charge in [-0.05, 0) is 123 Å². The van der Waals surface area contributed by atoms with E-state index in [9.17, 15) is 5.11 Å². The molecule has 0 unspecified atom stereocenters. The molecule has 4 saturated carbocycles. The Morgan fingerprint density at radius 3 is 2.30 bits per heavy atom. The predicted molar refractivity (Wildman–Crippen MR) is 126 cm³/mol. The summed E-state index contributed by atoms with van der Waals surface area (Å²) in [5, 5.41) is 10.3. The molecule has 5 rings (SSSR count). The van der Waals surface area contributed by atoms with Gasteiger partial charge in [-0.1, -0.05) is 45.8 Å². The highest BCUT2D eigenvalue weighted by molar-refractivity contribution is 5.40. The molecule has 0 aliphatic heterocycles. The van der Waals surface area contributed by atoms with Crippen molar-refractivity contribution in [2.75, 3.05) is 0 Å². The highest BCUT2D eigenvalue weighted by atomic mass is 16.3. The van der Waals surface area contributed by atoms with Crippen molar-refractivity contribution in [3.8, 4) is 0 Å². The molecule has 30 heavy (non-hydrogen) atoms. The number of aliphatic hydroxyl groups excluding tert-OH is 1. The third kappa shape index (κ3) is 3.11. The molecular formula is C29H48O. The second kappa shape index (κ2) is 7.36. The fourth-order valence-corrected chi connectivity index (χ4v) is 10.3. The second-order valence-electron chi connectivity index (χ2n) is 13.4. The number of aliphatic hydroxyl groups is 1. The van der Waals surface area contributed by atoms with Crippen LogP contribution in [0.25, 0.3) is 0 Å². The molecule has 1 N–H and O–H groups in total. The van der Waals surface area contributed by atoms with E-state index in [1.165, 1.54) is 51.4 Å². The molecule has 1 nitrogen and oxygen atoms in total. The van der Waals surface area contributed by atoms with Crippen LogP contribution in [0.3, 0.4) is 0 Å². The van der Waals surface area contributed by atoms with Crippen LogP contribution in [-0.4, -0.2) is 11.2 Å². The Balaban J connectivity index is 1.31. The van der Waals surface area contributed by atoms with Gasteiger partial charge in [0.15, 0.2) is 0 Å². The fraction of sp³-hybridized carbons (Fsp3) is 0.931. The van der Waals surface area contributed by atoms with Crippen molar-refractivity contribution in [2.45, 2.75) is 112 Å². The molecule has 5 aliphatic rings. The maximum absolute atomic E-state index is 10.3. The Morgan fingerprint density at radius 2 is 1.60 bits per heavy atom. The zero-order valence-electron chi connectivity index (χ0n) is 20.7. The molecule has 0 aromatic heterocycles. The van der Waals surface area contributed by atoms with Gasteiger partial charge in [-0.25, -0.2) is 0 Å². The fourth-order valence-electron chi connectivity index (χ4n) is 10.3. The van der Waals surface area contributed by atoms with Crippen LogP contribution >= 0.6 is 0 Å². The van der Waals surface area contributed by atoms with E-state index in [0.717, 1.165) is 60.2 Å². The van der Waals surface area contributed by atoms with E-state index >= 15 is 0 Å². The Labute approximate surface area is 186 Å². The van der Waals surface area contributed by atoms with Gasteiger partial charge in [-0.15, -0.1) is 0 Å². The van der Waals surface area contributed by atoms with Crippen LogP contribution < -0.4 is 0 Å². The van der Waals surface area contributed by atoms with E-state index in [-0.39, 0.29) is 6.10 Å². The first kappa shape index (κ1) is 21.5. The van der Waals surface area contributed by atoms with Crippen LogP contribution in [0.1, 0.15) is 106 Å². The summed E-state index contributed by atoms with van der Waals surface area (Å²) in [5.41, 5.74) is 4.67. The van der Waals surface area contributed by atoms with E-state index in [1.54, 1.807) is 5.57 Å². The van der Waals surface area contributed by atoms with Crippen molar-refractivity contribution in [1.29, 1.82) is 0 Å². The number of hydrogen-bond acceptors (Lipinski definition) is 1. The quantitative estimate of drug-likeness (QED) is 0.470. The number of fused-ring (bicyclic) bond motifs is 5. The lowest BCUT2D eigenvalue weighted by Crippen LogP contribution is -2.54. The second-order valence-corrected chi connectivity index (χ2v) is 13.4. The summed E-state index contributed by atoms with van der Waals surface area (Å²) in [4.78, 5) is 0. The van der Waals surface area contributed by atoms with Crippen molar-refractivity contribution in [3.05, 3.63) is 11.1 Å². The molecule has 0 bridgehead atoms. The van der Waals surface area contributed by atoms with Crippen LogP contribution in [0.5, 0.6) is 0 Å². The Kier molecular flexibility index (Phi) is 5.28. The third-order valence-electron chi connectivity index (χ3n) is 11.9. The molecule has 0 amide bonds. The largest absolute Gasteiger partial charge is 0.393 e. The number of hydrogen-bond donors (Lipinski definition) is 1. The molecule has 0 radical (unpaired) electrons. The van der Waals surface area contributed by atoms with Crippen LogP contribution in [0, 0.1) is 58.2 Å². The molecule has 0 heterocycles. The van der Waals surface area contributed by atoms with Gasteiger partial charge in [0.05, 0.1) is 6.10 Å². The van der Waals surface area contributed by atoms with Gasteiger partial charge in [-0.3, -0.25) is 0 Å². The Morgan fingerprint density at radius 1 is 0.900 bits per heavy atom. The summed E-state index contributed by atoms with van der Waals surface area (Å²) in [7, 11) is 0. The van der Waals surface area contributed by atoms with Gasteiger partial charge in [0.1, 0.15) is 0 Å². The molecule has 0 aromatic rings. The molecule has 170 valence electrons. The van der Waals surface area contributed by atoms with Crippen LogP contribution in [0.15, 0.2) is 11.1 Å². The summed E-state index contributed by atoms with van der Waals surface area (Å²) < 4.78 is 0. The SMILES string of the molecule is CC1=C(C[C@@H](C)[C@@H]2CC[C@H]3[C@@H]4CC[C@H]5C[C@@H](O)CC[C@]5(C)[C@H]4CC[C@@]32C)[C@H]1C(C)C. The summed E-state index contributed by atoms with van der Waals surface area (Å²) in [6, 6.07) is 0. The van der Waals surface area contributed by atoms with Gasteiger partial charge in [0.2, 0.25) is 0 Å². The van der Waals surface area contributed by atoms with Crippen LogP contribution in [-0.2, 0) is 0 Å². The van der Waals surface area contributed by atoms with Crippen molar-refractivity contribution in [1.82, 2.24) is 0 Å². The Bertz CT molecular complexity index is 705. The van der Waals surface area contributed by atoms with Crippen molar-refractivity contribution < 1.29 is 5.11 Å². The summed E-state index contributed by atoms with van der Waals surface area (Å²) in [6.45, 7) is 15.2. The van der Waals surface area contributed by atoms with Crippen LogP contribution in [0.4, 0.5) is 0 Å². The molecule has 4 fully saturated rings. The highest BCUT2D eigenvalue weighted by Crippen LogP contribution is 2.68. The summed E-state index contributed by atoms with van der Waals surface area (Å²) in [6.07, 6.45) is 13.6. The molecule has 1 heteroatoms. The number of allylic oxidation sites excluding steroid dienone is 2. The third-order valence-corrected chi connectivity index (χ3v) is 11.9. The minimum atomic E-state index is -0.0138. The van der Waals surface area contributed by atoms with Gasteiger partial charge in [0, 0.05) is 5.92 Å². The van der Waals surface area contributed by atoms with Crippen molar-refractivity contribution in [2.24, 2.45) is 58.2 Å². The van der Waals surface area contributed by atoms with E-state index < -0.39 is 0 Å². The maximum atomic E-state index is 10.3. The van der Waals surface area contributed by atoms with Gasteiger partial charge < -0.3 is 5.11 Å². The molecule has 0 aromatic carbocycles. The first-order chi connectivity index (χ1) is 14.2. The lowest BCUT2D eigenvalue weighted by atomic mass is 9.44. The lowest BCUT2D eigenvalue weighted by molar-refractivity contribution is -0.129. The zero-order valence-corrected chi connectivity index (χ0v) is 20.7. The van der Waals surface area contributed by atoms with Gasteiger partial charge >= 0.3 is 0 Å². The van der Waals surface area contributed by atoms with Crippen molar-refractivity contribution >= 4 is 0 Å². The average Bonchev–Trinajstić information content (AvgIpc) is 3.17. The molecule has 10 atom stereocenters. The van der Waals surface area contributed by atoms with E-state index in [2.05, 4.69) is 41.5 Å². The highest BCUT2D eigenvalue weighted by Gasteiger charge is 2.60. The standard InChI is InChI=1S/C29H48O/c1-17(2)27-19(4)23(27)15-18(3)24-9-10-25-22-8-7-20-16-21(30)11-13-28(20,5)26(22)12-14-29(24,25)6/h17-18,20-22,24-27,30H,7-16H2,1-6H3/t18-,20+,21+,22+,24+,25+,26+,27+,28+,29-/m1/s1. The summed E-state index contributed by atoms with van der Waals surface area (Å²) in [5.74, 6) is 7.13. The van der Waals surface area contributed by atoms with Crippen LogP contribution in [0.2, 0.25) is 0 Å². The van der Waals surface area contributed by atoms with Crippen molar-refractivity contribution in [3.63, 3.8) is 0 Å². The molecule has 5 aliphatic carbocycles. The van der Waals surface area contributed by atoms with E-state index in [1.807, 2.05) is 5.57 Å². The summed E-state index contributed by atoms with van der Waals surface area (Å²) >= 11 is 0. The van der Waals surface area contributed by atoms with Gasteiger partial charge in [-0.2, -0.15) is 0 Å². The minimum Gasteiger partial charge on any atom is -0.393 e. The van der Waals surface area contributed by atoms with E-state index in [4.69, 9.17) is 0 Å². The first-order valence-corrected chi connectivity index (χ1v) is 13.5. The lowest BCUT2D eigenvalue weighted by Gasteiger charge is -2.61. The maximum Gasteiger partial charge on any atom is 0.0543 e. The minimum absolute atomic E-state index is 0.0138. The predicted octanol–water partition coefficient (Wildman–Crippen LogP) is 7.63. The average molecular weight is 413 g/mol. The molecule has 0 spiro atoms.